The number of hydrogen-bond acceptors (Lipinski definition) is 7. The van der Waals surface area contributed by atoms with Gasteiger partial charge in [0.15, 0.2) is 11.6 Å². The molecule has 0 saturated carbocycles. The molecule has 14 heteroatoms. The number of rotatable bonds is 6. The number of amides is 1. The lowest BCUT2D eigenvalue weighted by Crippen LogP contribution is -2.46. The highest BCUT2D eigenvalue weighted by Crippen LogP contribution is 2.35. The Labute approximate surface area is 240 Å². The van der Waals surface area contributed by atoms with Gasteiger partial charge in [0.2, 0.25) is 4.80 Å². The van der Waals surface area contributed by atoms with Crippen molar-refractivity contribution in [3.8, 4) is 5.75 Å². The molecule has 216 valence electrons. The van der Waals surface area contributed by atoms with Gasteiger partial charge >= 0.3 is 6.09 Å². The number of likely N-dealkylation sites (tertiary alicyclic amines) is 1. The lowest BCUT2D eigenvalue weighted by molar-refractivity contribution is 0.0110. The lowest BCUT2D eigenvalue weighted by Gasteiger charge is -2.39. The minimum atomic E-state index is -4.56. The molecule has 9 nitrogen and oxygen atoms in total. The number of carbonyl (C=O) groups is 1. The van der Waals surface area contributed by atoms with Crippen LogP contribution in [-0.2, 0) is 21.8 Å². The summed E-state index contributed by atoms with van der Waals surface area (Å²) >= 11 is 6.85. The molecule has 1 fully saturated rings. The molecule has 2 atom stereocenters. The first-order valence-corrected chi connectivity index (χ1v) is 15.0. The van der Waals surface area contributed by atoms with Gasteiger partial charge in [-0.2, -0.15) is 12.8 Å². The molecular formula is C26H29ClF2N4O5S2. The normalized spacial score (nSPS) is 18.6. The van der Waals surface area contributed by atoms with Crippen LogP contribution in [-0.4, -0.2) is 53.6 Å². The van der Waals surface area contributed by atoms with E-state index >= 15 is 4.39 Å². The Morgan fingerprint density at radius 3 is 2.52 bits per heavy atom. The predicted molar refractivity (Wildman–Crippen MR) is 146 cm³/mol. The van der Waals surface area contributed by atoms with Crippen molar-refractivity contribution in [1.82, 2.24) is 13.8 Å². The van der Waals surface area contributed by atoms with Gasteiger partial charge in [-0.3, -0.25) is 0 Å². The minimum absolute atomic E-state index is 0.000200. The fourth-order valence-corrected chi connectivity index (χ4v) is 6.35. The van der Waals surface area contributed by atoms with E-state index in [2.05, 4.69) is 8.77 Å². The van der Waals surface area contributed by atoms with E-state index in [0.29, 0.717) is 30.1 Å². The predicted octanol–water partition coefficient (Wildman–Crippen LogP) is 5.12. The van der Waals surface area contributed by atoms with Gasteiger partial charge in [0.05, 0.1) is 6.61 Å². The molecule has 1 aromatic heterocycles. The average molecular weight is 615 g/mol. The first-order chi connectivity index (χ1) is 18.7. The van der Waals surface area contributed by atoms with Crippen LogP contribution in [0, 0.1) is 17.6 Å². The summed E-state index contributed by atoms with van der Waals surface area (Å²) in [5.41, 5.74) is 0.287. The van der Waals surface area contributed by atoms with E-state index < -0.39 is 44.0 Å². The first-order valence-electron chi connectivity index (χ1n) is 12.4. The number of aromatic nitrogens is 2. The van der Waals surface area contributed by atoms with Crippen molar-refractivity contribution in [3.63, 3.8) is 0 Å². The summed E-state index contributed by atoms with van der Waals surface area (Å²) < 4.78 is 75.2. The molecule has 1 aliphatic heterocycles. The van der Waals surface area contributed by atoms with E-state index in [4.69, 9.17) is 21.1 Å². The fraction of sp³-hybridized carbons (Fsp3) is 0.423. The molecule has 0 radical (unpaired) electrons. The molecule has 0 N–H and O–H groups in total. The van der Waals surface area contributed by atoms with Crippen LogP contribution in [0.1, 0.15) is 38.7 Å². The Morgan fingerprint density at radius 1 is 1.20 bits per heavy atom. The molecule has 1 amide bonds. The molecule has 0 bridgehead atoms. The van der Waals surface area contributed by atoms with E-state index in [0.717, 1.165) is 17.1 Å². The van der Waals surface area contributed by atoms with Gasteiger partial charge in [-0.05, 0) is 50.8 Å². The maximum Gasteiger partial charge on any atom is 0.410 e. The smallest absolute Gasteiger partial charge is 0.410 e. The number of piperidine rings is 1. The maximum absolute atomic E-state index is 15.0. The summed E-state index contributed by atoms with van der Waals surface area (Å²) in [7, 11) is -3.03. The Morgan fingerprint density at radius 2 is 1.90 bits per heavy atom. The molecule has 1 saturated heterocycles. The number of aryl methyl sites for hydroxylation is 1. The fourth-order valence-electron chi connectivity index (χ4n) is 4.35. The summed E-state index contributed by atoms with van der Waals surface area (Å²) in [6, 6.07) is 8.54. The van der Waals surface area contributed by atoms with E-state index in [1.807, 2.05) is 12.1 Å². The van der Waals surface area contributed by atoms with E-state index in [1.165, 1.54) is 17.9 Å². The third-order valence-corrected chi connectivity index (χ3v) is 8.65. The molecule has 2 unspecified atom stereocenters. The monoisotopic (exact) mass is 614 g/mol. The quantitative estimate of drug-likeness (QED) is 0.382. The van der Waals surface area contributed by atoms with E-state index in [1.54, 1.807) is 37.8 Å². The van der Waals surface area contributed by atoms with Crippen molar-refractivity contribution in [3.05, 3.63) is 69.7 Å². The summed E-state index contributed by atoms with van der Waals surface area (Å²) in [5.74, 6) is -3.10. The van der Waals surface area contributed by atoms with Crippen LogP contribution >= 0.6 is 23.1 Å². The van der Waals surface area contributed by atoms with Crippen molar-refractivity contribution in [2.75, 3.05) is 19.7 Å². The highest BCUT2D eigenvalue weighted by molar-refractivity contribution is 7.90. The van der Waals surface area contributed by atoms with E-state index in [9.17, 15) is 17.6 Å². The van der Waals surface area contributed by atoms with Crippen molar-refractivity contribution < 1.29 is 31.5 Å². The second-order valence-corrected chi connectivity index (χ2v) is 13.2. The van der Waals surface area contributed by atoms with Gasteiger partial charge in [0.1, 0.15) is 22.6 Å². The zero-order chi connectivity index (χ0) is 29.2. The molecule has 0 aliphatic carbocycles. The molecule has 2 heterocycles. The third-order valence-electron chi connectivity index (χ3n) is 6.26. The van der Waals surface area contributed by atoms with Crippen molar-refractivity contribution in [2.24, 2.45) is 17.4 Å². The number of halogens is 3. The SMILES string of the molecule is Cn1cns/c1=N/S(=O)(=O)c1cc(F)c(OCC2CN(C(=O)OC(C)(C)C)CCC2c2ccc(Cl)cc2)cc1F. The molecule has 3 aromatic rings. The number of nitrogens with zero attached hydrogens (tertiary/aromatic N) is 4. The Hall–Kier alpha value is -3.03. The van der Waals surface area contributed by atoms with Crippen LogP contribution in [0.15, 0.2) is 52.0 Å². The van der Waals surface area contributed by atoms with Crippen LogP contribution in [0.3, 0.4) is 0 Å². The summed E-state index contributed by atoms with van der Waals surface area (Å²) in [6.07, 6.45) is 1.45. The van der Waals surface area contributed by atoms with Gasteiger partial charge in [-0.25, -0.2) is 13.6 Å². The van der Waals surface area contributed by atoms with Gasteiger partial charge in [0.25, 0.3) is 10.0 Å². The third kappa shape index (κ3) is 7.18. The number of ether oxygens (including phenoxy) is 2. The van der Waals surface area contributed by atoms with Gasteiger partial charge in [-0.15, -0.1) is 4.40 Å². The molecule has 1 aliphatic rings. The number of carbonyl (C=O) groups excluding carboxylic acids is 1. The van der Waals surface area contributed by atoms with Crippen molar-refractivity contribution in [1.29, 1.82) is 0 Å². The van der Waals surface area contributed by atoms with Crippen LogP contribution < -0.4 is 9.54 Å². The molecule has 4 rings (SSSR count). The highest BCUT2D eigenvalue weighted by atomic mass is 35.5. The Bertz CT molecular complexity index is 1550. The lowest BCUT2D eigenvalue weighted by atomic mass is 9.81. The highest BCUT2D eigenvalue weighted by Gasteiger charge is 2.35. The van der Waals surface area contributed by atoms with Crippen LogP contribution in [0.2, 0.25) is 5.02 Å². The Balaban J connectivity index is 1.57. The first kappa shape index (κ1) is 29.9. The summed E-state index contributed by atoms with van der Waals surface area (Å²) in [5, 5.41) is 0.575. The number of benzene rings is 2. The summed E-state index contributed by atoms with van der Waals surface area (Å²) in [4.78, 5) is 13.4. The largest absolute Gasteiger partial charge is 0.490 e. The van der Waals surface area contributed by atoms with Gasteiger partial charge < -0.3 is 18.9 Å². The summed E-state index contributed by atoms with van der Waals surface area (Å²) in [6.45, 7) is 5.95. The van der Waals surface area contributed by atoms with Gasteiger partial charge in [0, 0.05) is 54.7 Å². The standard InChI is InChI=1S/C26H29ClF2N4O5S2/c1-26(2,3)38-25(34)33-10-9-19(16-5-7-18(27)8-6-16)17(13-33)14-37-22-11-21(29)23(12-20(22)28)40(35,36)31-24-32(4)15-30-39-24/h5-8,11-12,15,17,19H,9-10,13-14H2,1-4H3/b31-24+. The average Bonchev–Trinajstić information content (AvgIpc) is 3.27. The molecule has 0 spiro atoms. The zero-order valence-electron chi connectivity index (χ0n) is 22.3. The van der Waals surface area contributed by atoms with Gasteiger partial charge in [-0.1, -0.05) is 23.7 Å². The maximum atomic E-state index is 15.0. The van der Waals surface area contributed by atoms with Crippen LogP contribution in [0.4, 0.5) is 13.6 Å². The zero-order valence-corrected chi connectivity index (χ0v) is 24.7. The second-order valence-electron chi connectivity index (χ2n) is 10.4. The molecule has 2 aromatic carbocycles. The molecule has 40 heavy (non-hydrogen) atoms. The van der Waals surface area contributed by atoms with Crippen LogP contribution in [0.25, 0.3) is 0 Å². The Kier molecular flexibility index (Phi) is 8.86. The van der Waals surface area contributed by atoms with Crippen molar-refractivity contribution >= 4 is 39.2 Å². The second kappa shape index (κ2) is 11.8. The molecular weight excluding hydrogens is 586 g/mol. The van der Waals surface area contributed by atoms with E-state index in [-0.39, 0.29) is 29.8 Å². The van der Waals surface area contributed by atoms with Crippen molar-refractivity contribution in [2.45, 2.75) is 43.6 Å². The number of sulfonamides is 1. The van der Waals surface area contributed by atoms with Crippen LogP contribution in [0.5, 0.6) is 5.75 Å². The minimum Gasteiger partial charge on any atom is -0.490 e. The number of hydrogen-bond donors (Lipinski definition) is 0. The topological polar surface area (TPSA) is 103 Å².